The summed E-state index contributed by atoms with van der Waals surface area (Å²) in [5.74, 6) is 1.73. The molecule has 0 atom stereocenters. The highest BCUT2D eigenvalue weighted by Crippen LogP contribution is 2.42. The average molecular weight is 267 g/mol. The molecule has 0 aliphatic heterocycles. The van der Waals surface area contributed by atoms with Crippen LogP contribution in [0.2, 0.25) is 0 Å². The van der Waals surface area contributed by atoms with Crippen molar-refractivity contribution in [1.29, 1.82) is 0 Å². The number of hydrogen-bond donors (Lipinski definition) is 0. The van der Waals surface area contributed by atoms with Gasteiger partial charge in [0.05, 0.1) is 5.69 Å². The lowest BCUT2D eigenvalue weighted by molar-refractivity contribution is 0.168. The molecule has 4 nitrogen and oxygen atoms in total. The van der Waals surface area contributed by atoms with E-state index in [1.165, 1.54) is 19.3 Å². The van der Waals surface area contributed by atoms with Crippen LogP contribution < -0.4 is 0 Å². The summed E-state index contributed by atoms with van der Waals surface area (Å²) in [5, 5.41) is 4.48. The summed E-state index contributed by atoms with van der Waals surface area (Å²) in [7, 11) is 2.00. The van der Waals surface area contributed by atoms with Crippen molar-refractivity contribution >= 4 is 22.8 Å². The topological polar surface area (TPSA) is 35.6 Å². The molecular weight excluding hydrogens is 248 g/mol. The van der Waals surface area contributed by atoms with E-state index in [-0.39, 0.29) is 5.54 Å². The van der Waals surface area contributed by atoms with E-state index in [0.717, 1.165) is 29.1 Å². The highest BCUT2D eigenvalue weighted by molar-refractivity contribution is 6.17. The second-order valence-electron chi connectivity index (χ2n) is 5.53. The molecule has 5 heteroatoms. The largest absolute Gasteiger partial charge is 0.307 e. The molecule has 0 radical (unpaired) electrons. The standard InChI is InChI=1S/C13H19ClN4/c1-9-11-12(17(3)16-9)18(10(15-11)5-8-14)13(2)6-4-7-13/h4-8H2,1-3H3. The van der Waals surface area contributed by atoms with Crippen molar-refractivity contribution < 1.29 is 0 Å². The van der Waals surface area contributed by atoms with E-state index < -0.39 is 0 Å². The van der Waals surface area contributed by atoms with Gasteiger partial charge in [0.1, 0.15) is 11.3 Å². The smallest absolute Gasteiger partial charge is 0.159 e. The molecule has 2 aromatic rings. The number of nitrogens with zero attached hydrogens (tertiary/aromatic N) is 4. The molecule has 1 fully saturated rings. The van der Waals surface area contributed by atoms with Gasteiger partial charge in [-0.05, 0) is 33.1 Å². The minimum Gasteiger partial charge on any atom is -0.307 e. The van der Waals surface area contributed by atoms with E-state index in [2.05, 4.69) is 16.6 Å². The van der Waals surface area contributed by atoms with E-state index in [1.807, 2.05) is 18.7 Å². The second-order valence-corrected chi connectivity index (χ2v) is 5.91. The van der Waals surface area contributed by atoms with Crippen LogP contribution in [0.5, 0.6) is 0 Å². The van der Waals surface area contributed by atoms with E-state index in [0.29, 0.717) is 5.88 Å². The summed E-state index contributed by atoms with van der Waals surface area (Å²) < 4.78 is 4.34. The summed E-state index contributed by atoms with van der Waals surface area (Å²) in [6.07, 6.45) is 4.56. The Morgan fingerprint density at radius 2 is 2.11 bits per heavy atom. The van der Waals surface area contributed by atoms with Crippen molar-refractivity contribution in [2.24, 2.45) is 7.05 Å². The summed E-state index contributed by atoms with van der Waals surface area (Å²) in [5.41, 5.74) is 3.39. The summed E-state index contributed by atoms with van der Waals surface area (Å²) in [4.78, 5) is 4.77. The maximum atomic E-state index is 5.92. The molecule has 3 rings (SSSR count). The number of imidazole rings is 1. The third-order valence-electron chi connectivity index (χ3n) is 4.16. The third kappa shape index (κ3) is 1.51. The minimum atomic E-state index is 0.205. The Morgan fingerprint density at radius 3 is 2.67 bits per heavy atom. The summed E-state index contributed by atoms with van der Waals surface area (Å²) >= 11 is 5.92. The first-order valence-corrected chi connectivity index (χ1v) is 7.07. The lowest BCUT2D eigenvalue weighted by Crippen LogP contribution is -2.39. The lowest BCUT2D eigenvalue weighted by atomic mass is 9.78. The zero-order valence-corrected chi connectivity index (χ0v) is 12.0. The molecule has 1 aliphatic carbocycles. The molecule has 0 aromatic carbocycles. The van der Waals surface area contributed by atoms with E-state index in [4.69, 9.17) is 16.6 Å². The molecule has 1 aliphatic rings. The fourth-order valence-corrected chi connectivity index (χ4v) is 3.22. The van der Waals surface area contributed by atoms with Crippen molar-refractivity contribution in [2.75, 3.05) is 5.88 Å². The van der Waals surface area contributed by atoms with Crippen molar-refractivity contribution in [3.8, 4) is 0 Å². The molecule has 0 saturated heterocycles. The monoisotopic (exact) mass is 266 g/mol. The number of aryl methyl sites for hydroxylation is 3. The van der Waals surface area contributed by atoms with Gasteiger partial charge >= 0.3 is 0 Å². The number of fused-ring (bicyclic) bond motifs is 1. The molecule has 0 amide bonds. The number of aromatic nitrogens is 4. The van der Waals surface area contributed by atoms with Gasteiger partial charge in [0.15, 0.2) is 5.65 Å². The molecule has 0 bridgehead atoms. The summed E-state index contributed by atoms with van der Waals surface area (Å²) in [6, 6.07) is 0. The normalized spacial score (nSPS) is 18.2. The zero-order chi connectivity index (χ0) is 12.9. The van der Waals surface area contributed by atoms with Gasteiger partial charge in [-0.15, -0.1) is 11.6 Å². The van der Waals surface area contributed by atoms with Crippen LogP contribution in [0, 0.1) is 6.92 Å². The Labute approximate surface area is 112 Å². The van der Waals surface area contributed by atoms with Gasteiger partial charge in [-0.1, -0.05) is 0 Å². The van der Waals surface area contributed by atoms with Gasteiger partial charge in [-0.3, -0.25) is 4.68 Å². The highest BCUT2D eigenvalue weighted by atomic mass is 35.5. The lowest BCUT2D eigenvalue weighted by Gasteiger charge is -2.41. The maximum Gasteiger partial charge on any atom is 0.159 e. The van der Waals surface area contributed by atoms with Crippen LogP contribution in [-0.4, -0.2) is 25.2 Å². The molecular formula is C13H19ClN4. The first-order chi connectivity index (χ1) is 8.57. The number of halogens is 1. The SMILES string of the molecule is Cc1nn(C)c2c1nc(CCCl)n2C1(C)CCC1. The van der Waals surface area contributed by atoms with Crippen LogP contribution in [-0.2, 0) is 19.0 Å². The molecule has 0 unspecified atom stereocenters. The van der Waals surface area contributed by atoms with Gasteiger partial charge in [0.25, 0.3) is 0 Å². The van der Waals surface area contributed by atoms with Crippen LogP contribution in [0.25, 0.3) is 11.2 Å². The molecule has 0 N–H and O–H groups in total. The van der Waals surface area contributed by atoms with Gasteiger partial charge in [-0.2, -0.15) is 5.10 Å². The van der Waals surface area contributed by atoms with Crippen molar-refractivity contribution in [2.45, 2.75) is 45.1 Å². The first-order valence-electron chi connectivity index (χ1n) is 6.54. The Kier molecular flexibility index (Phi) is 2.66. The Morgan fingerprint density at radius 1 is 1.39 bits per heavy atom. The Hall–Kier alpha value is -1.03. The number of alkyl halides is 1. The predicted molar refractivity (Wildman–Crippen MR) is 73.2 cm³/mol. The highest BCUT2D eigenvalue weighted by Gasteiger charge is 2.37. The first kappa shape index (κ1) is 12.0. The minimum absolute atomic E-state index is 0.205. The number of hydrogen-bond acceptors (Lipinski definition) is 2. The van der Waals surface area contributed by atoms with Gasteiger partial charge < -0.3 is 4.57 Å². The zero-order valence-electron chi connectivity index (χ0n) is 11.2. The molecule has 2 aromatic heterocycles. The molecule has 98 valence electrons. The van der Waals surface area contributed by atoms with E-state index >= 15 is 0 Å². The van der Waals surface area contributed by atoms with Crippen LogP contribution in [0.1, 0.15) is 37.7 Å². The van der Waals surface area contributed by atoms with Gasteiger partial charge in [0, 0.05) is 24.9 Å². The van der Waals surface area contributed by atoms with Gasteiger partial charge in [0.2, 0.25) is 0 Å². The maximum absolute atomic E-state index is 5.92. The quantitative estimate of drug-likeness (QED) is 0.801. The predicted octanol–water partition coefficient (Wildman–Crippen LogP) is 2.76. The Balaban J connectivity index is 2.27. The summed E-state index contributed by atoms with van der Waals surface area (Å²) in [6.45, 7) is 4.34. The van der Waals surface area contributed by atoms with Gasteiger partial charge in [-0.25, -0.2) is 4.98 Å². The number of rotatable bonds is 3. The van der Waals surface area contributed by atoms with Crippen LogP contribution in [0.3, 0.4) is 0 Å². The van der Waals surface area contributed by atoms with E-state index in [9.17, 15) is 0 Å². The van der Waals surface area contributed by atoms with E-state index in [1.54, 1.807) is 0 Å². The van der Waals surface area contributed by atoms with Crippen LogP contribution >= 0.6 is 11.6 Å². The molecule has 2 heterocycles. The Bertz CT molecular complexity index is 592. The van der Waals surface area contributed by atoms with Crippen molar-refractivity contribution in [1.82, 2.24) is 19.3 Å². The second kappa shape index (κ2) is 3.98. The van der Waals surface area contributed by atoms with Crippen molar-refractivity contribution in [3.63, 3.8) is 0 Å². The van der Waals surface area contributed by atoms with Crippen LogP contribution in [0.4, 0.5) is 0 Å². The third-order valence-corrected chi connectivity index (χ3v) is 4.35. The van der Waals surface area contributed by atoms with Crippen LogP contribution in [0.15, 0.2) is 0 Å². The molecule has 0 spiro atoms. The molecule has 1 saturated carbocycles. The molecule has 18 heavy (non-hydrogen) atoms. The fraction of sp³-hybridized carbons (Fsp3) is 0.692. The average Bonchev–Trinajstić information content (AvgIpc) is 2.77. The fourth-order valence-electron chi connectivity index (χ4n) is 3.05. The van der Waals surface area contributed by atoms with Crippen molar-refractivity contribution in [3.05, 3.63) is 11.5 Å².